The minimum absolute atomic E-state index is 1.23. The van der Waals surface area contributed by atoms with E-state index >= 15 is 0 Å². The fourth-order valence-corrected chi connectivity index (χ4v) is 6.31. The van der Waals surface area contributed by atoms with Gasteiger partial charge in [0, 0.05) is 0 Å². The van der Waals surface area contributed by atoms with Gasteiger partial charge in [-0.1, -0.05) is 133 Å². The average Bonchev–Trinajstić information content (AvgIpc) is 3.04. The van der Waals surface area contributed by atoms with E-state index in [9.17, 15) is 0 Å². The van der Waals surface area contributed by atoms with Crippen molar-refractivity contribution in [1.29, 1.82) is 0 Å². The van der Waals surface area contributed by atoms with Crippen LogP contribution >= 0.6 is 0 Å². The normalized spacial score (nSPS) is 11.5. The van der Waals surface area contributed by atoms with E-state index in [2.05, 4.69) is 158 Å². The highest BCUT2D eigenvalue weighted by Gasteiger charge is 2.15. The second-order valence-corrected chi connectivity index (χ2v) is 10.5. The summed E-state index contributed by atoms with van der Waals surface area (Å²) in [5.74, 6) is 0. The Morgan fingerprint density at radius 3 is 1.48 bits per heavy atom. The number of benzene rings is 8. The summed E-state index contributed by atoms with van der Waals surface area (Å²) < 4.78 is 0. The number of fused-ring (bicyclic) bond motifs is 6. The molecule has 0 nitrogen and oxygen atoms in total. The molecule has 40 heavy (non-hydrogen) atoms. The summed E-state index contributed by atoms with van der Waals surface area (Å²) in [5, 5.41) is 10.3. The van der Waals surface area contributed by atoms with Crippen LogP contribution in [0, 0.1) is 0 Å². The summed E-state index contributed by atoms with van der Waals surface area (Å²) >= 11 is 0. The fraction of sp³-hybridized carbons (Fsp3) is 0. The predicted octanol–water partition coefficient (Wildman–Crippen LogP) is 11.3. The minimum Gasteiger partial charge on any atom is -0.0622 e. The second-order valence-electron chi connectivity index (χ2n) is 10.5. The van der Waals surface area contributed by atoms with Gasteiger partial charge >= 0.3 is 0 Å². The number of hydrogen-bond donors (Lipinski definition) is 0. The summed E-state index contributed by atoms with van der Waals surface area (Å²) in [5.41, 5.74) is 7.49. The number of hydrogen-bond acceptors (Lipinski definition) is 0. The van der Waals surface area contributed by atoms with Crippen LogP contribution in [0.25, 0.3) is 76.5 Å². The van der Waals surface area contributed by atoms with Crippen molar-refractivity contribution in [2.45, 2.75) is 0 Å². The Bertz CT molecular complexity index is 2200. The van der Waals surface area contributed by atoms with E-state index in [4.69, 9.17) is 0 Å². The fourth-order valence-electron chi connectivity index (χ4n) is 6.31. The first-order chi connectivity index (χ1) is 19.8. The van der Waals surface area contributed by atoms with E-state index in [1.165, 1.54) is 76.5 Å². The average molecular weight is 507 g/mol. The van der Waals surface area contributed by atoms with Crippen molar-refractivity contribution in [3.8, 4) is 33.4 Å². The van der Waals surface area contributed by atoms with Crippen molar-refractivity contribution < 1.29 is 0 Å². The third-order valence-electron chi connectivity index (χ3n) is 8.20. The lowest BCUT2D eigenvalue weighted by molar-refractivity contribution is 1.61. The quantitative estimate of drug-likeness (QED) is 0.209. The Morgan fingerprint density at radius 1 is 0.250 bits per heavy atom. The van der Waals surface area contributed by atoms with Gasteiger partial charge in [0.1, 0.15) is 0 Å². The lowest BCUT2D eigenvalue weighted by Crippen LogP contribution is -1.89. The lowest BCUT2D eigenvalue weighted by Gasteiger charge is -2.17. The highest BCUT2D eigenvalue weighted by Crippen LogP contribution is 2.42. The van der Waals surface area contributed by atoms with E-state index in [0.29, 0.717) is 0 Å². The Labute approximate surface area is 233 Å². The predicted molar refractivity (Wildman–Crippen MR) is 173 cm³/mol. The summed E-state index contributed by atoms with van der Waals surface area (Å²) in [4.78, 5) is 0. The molecule has 0 atom stereocenters. The van der Waals surface area contributed by atoms with E-state index in [-0.39, 0.29) is 0 Å². The van der Waals surface area contributed by atoms with E-state index < -0.39 is 0 Å². The molecule has 0 bridgehead atoms. The van der Waals surface area contributed by atoms with Crippen molar-refractivity contribution in [2.75, 3.05) is 0 Å². The highest BCUT2D eigenvalue weighted by atomic mass is 14.2. The zero-order chi connectivity index (χ0) is 26.5. The molecule has 0 unspecified atom stereocenters. The maximum atomic E-state index is 2.40. The van der Waals surface area contributed by atoms with Crippen LogP contribution in [0.5, 0.6) is 0 Å². The van der Waals surface area contributed by atoms with Crippen LogP contribution < -0.4 is 0 Å². The van der Waals surface area contributed by atoms with Crippen molar-refractivity contribution in [3.63, 3.8) is 0 Å². The summed E-state index contributed by atoms with van der Waals surface area (Å²) in [6.07, 6.45) is 0. The molecule has 0 heterocycles. The molecule has 0 amide bonds. The largest absolute Gasteiger partial charge is 0.0622 e. The molecule has 0 heteroatoms. The molecule has 0 aliphatic carbocycles. The number of rotatable bonds is 3. The Balaban J connectivity index is 1.44. The van der Waals surface area contributed by atoms with E-state index in [1.807, 2.05) is 0 Å². The van der Waals surface area contributed by atoms with Crippen molar-refractivity contribution in [1.82, 2.24) is 0 Å². The van der Waals surface area contributed by atoms with Gasteiger partial charge in [-0.05, 0) is 101 Å². The van der Waals surface area contributed by atoms with Crippen molar-refractivity contribution >= 4 is 43.1 Å². The van der Waals surface area contributed by atoms with Gasteiger partial charge in [-0.2, -0.15) is 0 Å². The maximum absolute atomic E-state index is 2.40. The van der Waals surface area contributed by atoms with Gasteiger partial charge in [-0.3, -0.25) is 0 Å². The molecule has 8 rings (SSSR count). The molecule has 0 aliphatic heterocycles. The first-order valence-electron chi connectivity index (χ1n) is 13.9. The summed E-state index contributed by atoms with van der Waals surface area (Å²) in [6, 6.07) is 57.6. The van der Waals surface area contributed by atoms with Gasteiger partial charge in [0.05, 0.1) is 0 Å². The standard InChI is InChI=1S/C40H26/c1-2-11-27(12-3-1)30-15-10-16-31(23-30)38-25-33-26-39(32-22-21-28-13-4-5-14-29(28)24-32)35-18-7-9-20-37(35)40(33)36-19-8-6-17-34(36)38/h1-26H. The molecular weight excluding hydrogens is 480 g/mol. The monoisotopic (exact) mass is 506 g/mol. The van der Waals surface area contributed by atoms with Crippen LogP contribution in [0.1, 0.15) is 0 Å². The van der Waals surface area contributed by atoms with E-state index in [1.54, 1.807) is 0 Å². The molecule has 0 fully saturated rings. The highest BCUT2D eigenvalue weighted by molar-refractivity contribution is 6.25. The Hall–Kier alpha value is -5.20. The third-order valence-corrected chi connectivity index (χ3v) is 8.20. The van der Waals surface area contributed by atoms with Gasteiger partial charge in [-0.25, -0.2) is 0 Å². The SMILES string of the molecule is c1ccc(-c2cccc(-c3cc4cc(-c5ccc6ccccc6c5)c5ccccc5c4c4ccccc34)c2)cc1. The van der Waals surface area contributed by atoms with E-state index in [0.717, 1.165) is 0 Å². The summed E-state index contributed by atoms with van der Waals surface area (Å²) in [6.45, 7) is 0. The molecule has 0 N–H and O–H groups in total. The van der Waals surface area contributed by atoms with Crippen molar-refractivity contribution in [3.05, 3.63) is 158 Å². The molecular formula is C40H26. The molecule has 0 saturated heterocycles. The molecule has 0 spiro atoms. The topological polar surface area (TPSA) is 0 Å². The molecule has 8 aromatic rings. The lowest BCUT2D eigenvalue weighted by atomic mass is 9.87. The van der Waals surface area contributed by atoms with Crippen LogP contribution in [-0.2, 0) is 0 Å². The zero-order valence-corrected chi connectivity index (χ0v) is 22.0. The molecule has 0 saturated carbocycles. The molecule has 0 aliphatic rings. The van der Waals surface area contributed by atoms with Crippen LogP contribution in [-0.4, -0.2) is 0 Å². The third kappa shape index (κ3) is 3.69. The first-order valence-corrected chi connectivity index (χ1v) is 13.9. The molecule has 0 aromatic heterocycles. The smallest absolute Gasteiger partial charge is 0.00259 e. The summed E-state index contributed by atoms with van der Waals surface area (Å²) in [7, 11) is 0. The van der Waals surface area contributed by atoms with Gasteiger partial charge in [-0.15, -0.1) is 0 Å². The van der Waals surface area contributed by atoms with Gasteiger partial charge < -0.3 is 0 Å². The zero-order valence-electron chi connectivity index (χ0n) is 22.0. The second kappa shape index (κ2) is 9.22. The maximum Gasteiger partial charge on any atom is -0.00259 e. The van der Waals surface area contributed by atoms with Crippen LogP contribution in [0.4, 0.5) is 0 Å². The van der Waals surface area contributed by atoms with Gasteiger partial charge in [0.2, 0.25) is 0 Å². The van der Waals surface area contributed by atoms with Gasteiger partial charge in [0.15, 0.2) is 0 Å². The molecule has 8 aromatic carbocycles. The first kappa shape index (κ1) is 22.8. The van der Waals surface area contributed by atoms with Crippen LogP contribution in [0.2, 0.25) is 0 Å². The molecule has 0 radical (unpaired) electrons. The van der Waals surface area contributed by atoms with Crippen LogP contribution in [0.3, 0.4) is 0 Å². The Morgan fingerprint density at radius 2 is 0.775 bits per heavy atom. The van der Waals surface area contributed by atoms with Crippen molar-refractivity contribution in [2.24, 2.45) is 0 Å². The Kier molecular flexibility index (Phi) is 5.24. The minimum atomic E-state index is 1.23. The molecule has 186 valence electrons. The van der Waals surface area contributed by atoms with Gasteiger partial charge in [0.25, 0.3) is 0 Å². The van der Waals surface area contributed by atoms with Crippen LogP contribution in [0.15, 0.2) is 158 Å².